The fourth-order valence-electron chi connectivity index (χ4n) is 11.7. The van der Waals surface area contributed by atoms with E-state index < -0.39 is 42.9 Å². The number of H-pyrrole nitrogens is 1. The van der Waals surface area contributed by atoms with Crippen molar-refractivity contribution in [1.82, 2.24) is 19.6 Å². The van der Waals surface area contributed by atoms with Crippen LogP contribution in [0.25, 0.3) is 11.0 Å². The molecule has 5 aromatic rings. The first-order valence-electron chi connectivity index (χ1n) is 24.2. The molecule has 4 fully saturated rings. The molecule has 6 N–H and O–H groups in total. The SMILES string of the molecule is CC(C)c1ccccc1[C@@H]1CCC[C@@H]1N1CC2(CCN(c3ccc(C(=O)NS(=O)(=O)c4cc5c(c([N+](=O)[O-])c4)N[C@@H](C4CCC(C)(O)CC4)CO5)c(Oc4cc5cc[nH]c5nc4C(N)=O)c3)CC2)C1. The quantitative estimate of drug-likeness (QED) is 0.0590. The minimum absolute atomic E-state index is 0.0378. The van der Waals surface area contributed by atoms with Crippen LogP contribution in [0, 0.1) is 21.4 Å². The van der Waals surface area contributed by atoms with Crippen LogP contribution in [0.1, 0.15) is 122 Å². The van der Waals surface area contributed by atoms with E-state index in [1.807, 2.05) is 0 Å². The molecule has 2 saturated heterocycles. The Bertz CT molecular complexity index is 2930. The molecule has 1 spiro atoms. The number of hydrogen-bond donors (Lipinski definition) is 5. The number of aromatic amines is 1. The van der Waals surface area contributed by atoms with Crippen molar-refractivity contribution in [2.24, 2.45) is 17.1 Å². The van der Waals surface area contributed by atoms with E-state index in [9.17, 15) is 33.2 Å². The van der Waals surface area contributed by atoms with E-state index in [0.29, 0.717) is 54.6 Å². The number of aromatic nitrogens is 2. The summed E-state index contributed by atoms with van der Waals surface area (Å²) in [6.45, 7) is 10.1. The Hall–Kier alpha value is -6.24. The number of ether oxygens (including phenoxy) is 2. The lowest BCUT2D eigenvalue weighted by atomic mass is 9.70. The first-order valence-corrected chi connectivity index (χ1v) is 25.6. The third-order valence-corrected chi connectivity index (χ3v) is 16.9. The summed E-state index contributed by atoms with van der Waals surface area (Å²) in [7, 11) is -4.75. The number of hydrogen-bond acceptors (Lipinski definition) is 13. The Balaban J connectivity index is 0.885. The van der Waals surface area contributed by atoms with Gasteiger partial charge < -0.3 is 35.5 Å². The number of nitrogens with zero attached hydrogens (tertiary/aromatic N) is 4. The summed E-state index contributed by atoms with van der Waals surface area (Å²) in [5.74, 6) is -0.985. The number of nitrogens with two attached hydrogens (primary N) is 1. The van der Waals surface area contributed by atoms with Gasteiger partial charge in [0.1, 0.15) is 18.0 Å². The van der Waals surface area contributed by atoms with Gasteiger partial charge in [0.2, 0.25) is 0 Å². The van der Waals surface area contributed by atoms with Crippen molar-refractivity contribution in [3.05, 3.63) is 105 Å². The Morgan fingerprint density at radius 3 is 2.48 bits per heavy atom. The monoisotopic (exact) mass is 960 g/mol. The molecule has 2 aromatic heterocycles. The molecular formula is C51H60N8O9S. The average Bonchev–Trinajstić information content (AvgIpc) is 4.00. The van der Waals surface area contributed by atoms with Gasteiger partial charge in [0, 0.05) is 67.7 Å². The third kappa shape index (κ3) is 9.09. The lowest BCUT2D eigenvalue weighted by Gasteiger charge is -2.57. The minimum atomic E-state index is -4.75. The second kappa shape index (κ2) is 17.9. The number of rotatable bonds is 12. The normalized spacial score (nSPS) is 24.6. The van der Waals surface area contributed by atoms with Crippen molar-refractivity contribution < 1.29 is 37.5 Å². The zero-order valence-corrected chi connectivity index (χ0v) is 40.0. The molecule has 69 heavy (non-hydrogen) atoms. The molecule has 17 nitrogen and oxygen atoms in total. The lowest BCUT2D eigenvalue weighted by Crippen LogP contribution is -2.63. The number of nitro benzene ring substituents is 1. The topological polar surface area (TPSA) is 235 Å². The fraction of sp³-hybridized carbons (Fsp3) is 0.471. The molecule has 2 saturated carbocycles. The maximum atomic E-state index is 14.2. The van der Waals surface area contributed by atoms with Gasteiger partial charge in [-0.3, -0.25) is 24.6 Å². The van der Waals surface area contributed by atoms with Crippen molar-refractivity contribution in [2.75, 3.05) is 43.0 Å². The van der Waals surface area contributed by atoms with Crippen LogP contribution in [0.15, 0.2) is 77.8 Å². The summed E-state index contributed by atoms with van der Waals surface area (Å²) in [5.41, 5.74) is 8.43. The minimum Gasteiger partial charge on any atom is -0.489 e. The third-order valence-electron chi connectivity index (χ3n) is 15.6. The van der Waals surface area contributed by atoms with E-state index in [1.165, 1.54) is 36.5 Å². The zero-order valence-electron chi connectivity index (χ0n) is 39.2. The van der Waals surface area contributed by atoms with Crippen LogP contribution in [0.4, 0.5) is 17.1 Å². The summed E-state index contributed by atoms with van der Waals surface area (Å²) in [6.07, 6.45) is 9.78. The number of benzene rings is 3. The largest absolute Gasteiger partial charge is 0.489 e. The maximum absolute atomic E-state index is 14.2. The highest BCUT2D eigenvalue weighted by Gasteiger charge is 2.49. The molecule has 364 valence electrons. The van der Waals surface area contributed by atoms with Crippen LogP contribution in [-0.2, 0) is 10.0 Å². The van der Waals surface area contributed by atoms with Gasteiger partial charge in [0.05, 0.1) is 27.0 Å². The number of nitrogens with one attached hydrogen (secondary N) is 3. The van der Waals surface area contributed by atoms with Gasteiger partial charge in [-0.05, 0) is 117 Å². The van der Waals surface area contributed by atoms with Gasteiger partial charge >= 0.3 is 0 Å². The maximum Gasteiger partial charge on any atom is 0.297 e. The van der Waals surface area contributed by atoms with Gasteiger partial charge in [-0.2, -0.15) is 0 Å². The second-order valence-electron chi connectivity index (χ2n) is 20.6. The molecule has 2 aliphatic carbocycles. The molecule has 5 aliphatic rings. The smallest absolute Gasteiger partial charge is 0.297 e. The van der Waals surface area contributed by atoms with Crippen molar-refractivity contribution in [1.29, 1.82) is 0 Å². The Labute approximate surface area is 401 Å². The van der Waals surface area contributed by atoms with Crippen LogP contribution < -0.4 is 30.1 Å². The van der Waals surface area contributed by atoms with E-state index in [-0.39, 0.29) is 58.2 Å². The Morgan fingerprint density at radius 1 is 1.00 bits per heavy atom. The van der Waals surface area contributed by atoms with Crippen molar-refractivity contribution in [3.63, 3.8) is 0 Å². The Kier molecular flexibility index (Phi) is 12.1. The van der Waals surface area contributed by atoms with Crippen LogP contribution in [0.2, 0.25) is 0 Å². The number of primary amides is 1. The van der Waals surface area contributed by atoms with E-state index >= 15 is 0 Å². The number of fused-ring (bicyclic) bond motifs is 2. The highest BCUT2D eigenvalue weighted by Crippen LogP contribution is 2.49. The molecular weight excluding hydrogens is 901 g/mol. The summed E-state index contributed by atoms with van der Waals surface area (Å²) >= 11 is 0. The van der Waals surface area contributed by atoms with Crippen LogP contribution in [0.3, 0.4) is 0 Å². The number of nitro groups is 1. The fourth-order valence-corrected chi connectivity index (χ4v) is 12.7. The molecule has 3 aromatic carbocycles. The van der Waals surface area contributed by atoms with Crippen molar-refractivity contribution in [2.45, 2.75) is 113 Å². The summed E-state index contributed by atoms with van der Waals surface area (Å²) in [6, 6.07) is 19.4. The van der Waals surface area contributed by atoms with Gasteiger partial charge in [0.25, 0.3) is 27.5 Å². The van der Waals surface area contributed by atoms with Crippen molar-refractivity contribution >= 4 is 49.9 Å². The average molecular weight is 961 g/mol. The van der Waals surface area contributed by atoms with E-state index in [1.54, 1.807) is 37.4 Å². The van der Waals surface area contributed by atoms with Crippen molar-refractivity contribution in [3.8, 4) is 17.2 Å². The predicted molar refractivity (Wildman–Crippen MR) is 261 cm³/mol. The molecule has 3 aliphatic heterocycles. The number of piperidine rings is 1. The number of sulfonamides is 1. The Morgan fingerprint density at radius 2 is 1.75 bits per heavy atom. The number of amides is 2. The number of anilines is 2. The first kappa shape index (κ1) is 46.5. The van der Waals surface area contributed by atoms with Crippen LogP contribution in [0.5, 0.6) is 17.2 Å². The summed E-state index contributed by atoms with van der Waals surface area (Å²) in [5, 5.41) is 26.7. The van der Waals surface area contributed by atoms with Gasteiger partial charge in [-0.15, -0.1) is 0 Å². The van der Waals surface area contributed by atoms with E-state index in [4.69, 9.17) is 15.2 Å². The molecule has 0 radical (unpaired) electrons. The van der Waals surface area contributed by atoms with Gasteiger partial charge in [0.15, 0.2) is 22.9 Å². The molecule has 10 rings (SSSR count). The summed E-state index contributed by atoms with van der Waals surface area (Å²) in [4.78, 5) is 50.4. The number of carbonyl (C=O) groups is 2. The highest BCUT2D eigenvalue weighted by molar-refractivity contribution is 7.90. The summed E-state index contributed by atoms with van der Waals surface area (Å²) < 4.78 is 42.5. The molecule has 0 unspecified atom stereocenters. The highest BCUT2D eigenvalue weighted by atomic mass is 32.2. The van der Waals surface area contributed by atoms with Crippen LogP contribution >= 0.6 is 0 Å². The molecule has 18 heteroatoms. The van der Waals surface area contributed by atoms with Gasteiger partial charge in [-0.25, -0.2) is 18.1 Å². The molecule has 2 amide bonds. The number of pyridine rings is 1. The second-order valence-corrected chi connectivity index (χ2v) is 22.3. The van der Waals surface area contributed by atoms with Crippen LogP contribution in [-0.4, -0.2) is 95.6 Å². The standard InChI is InChI=1S/C51H60N8O9S/c1-30(2)35-7-4-5-8-36(35)37-9-6-10-40(37)58-28-51(29-58)18-21-57(22-19-51)33-11-12-38(42(24-33)68-44-23-32-15-20-53-48(32)55-46(44)47(52)60)49(61)56-69(65,66)34-25-41(59(63)64)45-43(26-34)67-27-39(54-45)31-13-16-50(3,62)17-14-31/h4-5,7-8,11-12,15,20,23-26,30-31,37,39-40,54,62H,6,9-10,13-14,16-19,21-22,27-29H2,1-3H3,(H2,52,60)(H,53,55)(H,56,61)/t31?,37-,39+,40-,50?/m0/s1. The van der Waals surface area contributed by atoms with Gasteiger partial charge in [-0.1, -0.05) is 44.5 Å². The molecule has 5 heterocycles. The number of likely N-dealkylation sites (tertiary alicyclic amines) is 1. The zero-order chi connectivity index (χ0) is 48.4. The predicted octanol–water partition coefficient (Wildman–Crippen LogP) is 7.96. The van der Waals surface area contributed by atoms with E-state index in [0.717, 1.165) is 56.8 Å². The molecule has 3 atom stereocenters. The lowest BCUT2D eigenvalue weighted by molar-refractivity contribution is -0.384. The van der Waals surface area contributed by atoms with E-state index in [2.05, 4.69) is 67.9 Å². The molecule has 0 bridgehead atoms. The number of carbonyl (C=O) groups excluding carboxylic acids is 2. The first-order chi connectivity index (χ1) is 33.0. The number of aliphatic hydroxyl groups is 1.